The van der Waals surface area contributed by atoms with Crippen LogP contribution in [0.4, 0.5) is 0 Å². The average Bonchev–Trinajstić information content (AvgIpc) is 2.25. The maximum Gasteiger partial charge on any atom is 0.142 e. The standard InChI is InChI=1S/C11H15NO3/c1-9(14)11(7-13)12-15-8-10-5-3-2-4-6-10/h2-6,9,13-14H,7-8H2,1H3/b12-11+. The molecule has 1 unspecified atom stereocenters. The summed E-state index contributed by atoms with van der Waals surface area (Å²) < 4.78 is 0. The Morgan fingerprint density at radius 2 is 2.07 bits per heavy atom. The summed E-state index contributed by atoms with van der Waals surface area (Å²) in [4.78, 5) is 5.00. The van der Waals surface area contributed by atoms with Crippen LogP contribution in [0.2, 0.25) is 0 Å². The predicted molar refractivity (Wildman–Crippen MR) is 57.4 cm³/mol. The van der Waals surface area contributed by atoms with Crippen LogP contribution in [0.3, 0.4) is 0 Å². The molecule has 0 heterocycles. The summed E-state index contributed by atoms with van der Waals surface area (Å²) in [6.07, 6.45) is -0.786. The number of hydrogen-bond donors (Lipinski definition) is 2. The number of oxime groups is 1. The maximum absolute atomic E-state index is 9.14. The van der Waals surface area contributed by atoms with Crippen molar-refractivity contribution in [3.8, 4) is 0 Å². The molecule has 4 nitrogen and oxygen atoms in total. The van der Waals surface area contributed by atoms with Gasteiger partial charge in [-0.1, -0.05) is 35.5 Å². The molecule has 0 amide bonds. The minimum Gasteiger partial charge on any atom is -0.391 e. The van der Waals surface area contributed by atoms with Crippen LogP contribution in [0, 0.1) is 0 Å². The highest BCUT2D eigenvalue weighted by Crippen LogP contribution is 2.01. The molecule has 2 N–H and O–H groups in total. The van der Waals surface area contributed by atoms with Crippen molar-refractivity contribution in [1.82, 2.24) is 0 Å². The number of benzene rings is 1. The van der Waals surface area contributed by atoms with Gasteiger partial charge in [0.1, 0.15) is 12.3 Å². The lowest BCUT2D eigenvalue weighted by molar-refractivity contribution is 0.122. The van der Waals surface area contributed by atoms with Crippen LogP contribution in [-0.2, 0) is 11.4 Å². The topological polar surface area (TPSA) is 62.0 Å². The van der Waals surface area contributed by atoms with Gasteiger partial charge in [0.05, 0.1) is 12.7 Å². The van der Waals surface area contributed by atoms with E-state index in [1.54, 1.807) is 0 Å². The second-order valence-electron chi connectivity index (χ2n) is 3.18. The second-order valence-corrected chi connectivity index (χ2v) is 3.18. The normalized spacial score (nSPS) is 13.7. The lowest BCUT2D eigenvalue weighted by Crippen LogP contribution is -2.20. The first-order chi connectivity index (χ1) is 7.24. The molecule has 1 rings (SSSR count). The fourth-order valence-corrected chi connectivity index (χ4v) is 1.00. The molecule has 0 saturated heterocycles. The fraction of sp³-hybridized carbons (Fsp3) is 0.364. The van der Waals surface area contributed by atoms with Gasteiger partial charge in [0.25, 0.3) is 0 Å². The van der Waals surface area contributed by atoms with Gasteiger partial charge in [-0.25, -0.2) is 0 Å². The predicted octanol–water partition coefficient (Wildman–Crippen LogP) is 0.932. The summed E-state index contributed by atoms with van der Waals surface area (Å²) in [5.74, 6) is 0. The van der Waals surface area contributed by atoms with Gasteiger partial charge < -0.3 is 15.1 Å². The molecule has 0 fully saturated rings. The zero-order chi connectivity index (χ0) is 11.1. The molecular formula is C11H15NO3. The van der Waals surface area contributed by atoms with Crippen molar-refractivity contribution in [2.24, 2.45) is 5.16 Å². The lowest BCUT2D eigenvalue weighted by Gasteiger charge is -2.05. The van der Waals surface area contributed by atoms with Gasteiger partial charge in [-0.3, -0.25) is 0 Å². The van der Waals surface area contributed by atoms with E-state index in [9.17, 15) is 0 Å². The maximum atomic E-state index is 9.14. The molecule has 0 aliphatic rings. The third kappa shape index (κ3) is 4.10. The van der Waals surface area contributed by atoms with Crippen LogP contribution in [0.15, 0.2) is 35.5 Å². The summed E-state index contributed by atoms with van der Waals surface area (Å²) in [5, 5.41) is 21.6. The monoisotopic (exact) mass is 209 g/mol. The van der Waals surface area contributed by atoms with Crippen LogP contribution >= 0.6 is 0 Å². The number of aliphatic hydroxyl groups excluding tert-OH is 2. The van der Waals surface area contributed by atoms with Crippen molar-refractivity contribution in [2.75, 3.05) is 6.61 Å². The highest BCUT2D eigenvalue weighted by atomic mass is 16.6. The van der Waals surface area contributed by atoms with Crippen LogP contribution < -0.4 is 0 Å². The van der Waals surface area contributed by atoms with Crippen LogP contribution in [0.25, 0.3) is 0 Å². The molecule has 1 aromatic carbocycles. The fourth-order valence-electron chi connectivity index (χ4n) is 1.00. The van der Waals surface area contributed by atoms with Crippen LogP contribution in [0.1, 0.15) is 12.5 Å². The Bertz CT molecular complexity index is 309. The third-order valence-electron chi connectivity index (χ3n) is 1.90. The quantitative estimate of drug-likeness (QED) is 0.560. The van der Waals surface area contributed by atoms with Gasteiger partial charge in [0, 0.05) is 0 Å². The number of rotatable bonds is 5. The van der Waals surface area contributed by atoms with Gasteiger partial charge in [0.15, 0.2) is 0 Å². The van der Waals surface area contributed by atoms with Gasteiger partial charge in [-0.2, -0.15) is 0 Å². The van der Waals surface area contributed by atoms with Gasteiger partial charge in [-0.05, 0) is 12.5 Å². The molecule has 0 saturated carbocycles. The van der Waals surface area contributed by atoms with E-state index in [2.05, 4.69) is 5.16 Å². The first-order valence-electron chi connectivity index (χ1n) is 4.75. The number of aliphatic hydroxyl groups is 2. The average molecular weight is 209 g/mol. The van der Waals surface area contributed by atoms with Crippen LogP contribution in [-0.4, -0.2) is 28.6 Å². The summed E-state index contributed by atoms with van der Waals surface area (Å²) >= 11 is 0. The van der Waals surface area contributed by atoms with E-state index in [0.29, 0.717) is 6.61 Å². The Morgan fingerprint density at radius 3 is 2.60 bits per heavy atom. The molecule has 0 aromatic heterocycles. The number of nitrogens with zero attached hydrogens (tertiary/aromatic N) is 1. The van der Waals surface area contributed by atoms with E-state index in [1.807, 2.05) is 30.3 Å². The minimum absolute atomic E-state index is 0.228. The molecule has 4 heteroatoms. The first kappa shape index (κ1) is 11.7. The van der Waals surface area contributed by atoms with Crippen LogP contribution in [0.5, 0.6) is 0 Å². The van der Waals surface area contributed by atoms with E-state index in [1.165, 1.54) is 6.92 Å². The van der Waals surface area contributed by atoms with E-state index in [0.717, 1.165) is 5.56 Å². The molecular weight excluding hydrogens is 194 g/mol. The van der Waals surface area contributed by atoms with E-state index in [-0.39, 0.29) is 12.3 Å². The Kier molecular flexibility index (Phi) is 4.80. The summed E-state index contributed by atoms with van der Waals surface area (Å²) in [7, 11) is 0. The smallest absolute Gasteiger partial charge is 0.142 e. The first-order valence-corrected chi connectivity index (χ1v) is 4.75. The Labute approximate surface area is 88.8 Å². The molecule has 0 aliphatic carbocycles. The molecule has 15 heavy (non-hydrogen) atoms. The minimum atomic E-state index is -0.786. The van der Waals surface area contributed by atoms with Crippen molar-refractivity contribution >= 4 is 5.71 Å². The number of hydrogen-bond acceptors (Lipinski definition) is 4. The second kappa shape index (κ2) is 6.16. The molecule has 0 radical (unpaired) electrons. The Balaban J connectivity index is 2.44. The summed E-state index contributed by atoms with van der Waals surface area (Å²) in [6.45, 7) is 1.56. The van der Waals surface area contributed by atoms with Gasteiger partial charge >= 0.3 is 0 Å². The van der Waals surface area contributed by atoms with Crippen molar-refractivity contribution in [2.45, 2.75) is 19.6 Å². The summed E-state index contributed by atoms with van der Waals surface area (Å²) in [6, 6.07) is 9.56. The molecule has 1 aromatic rings. The van der Waals surface area contributed by atoms with E-state index in [4.69, 9.17) is 15.1 Å². The Hall–Kier alpha value is -1.39. The van der Waals surface area contributed by atoms with Crippen molar-refractivity contribution in [3.05, 3.63) is 35.9 Å². The van der Waals surface area contributed by atoms with Crippen molar-refractivity contribution in [1.29, 1.82) is 0 Å². The third-order valence-corrected chi connectivity index (χ3v) is 1.90. The molecule has 0 bridgehead atoms. The molecule has 1 atom stereocenters. The largest absolute Gasteiger partial charge is 0.391 e. The van der Waals surface area contributed by atoms with Crippen molar-refractivity contribution < 1.29 is 15.1 Å². The highest BCUT2D eigenvalue weighted by molar-refractivity contribution is 5.88. The van der Waals surface area contributed by atoms with Crippen molar-refractivity contribution in [3.63, 3.8) is 0 Å². The zero-order valence-corrected chi connectivity index (χ0v) is 8.63. The van der Waals surface area contributed by atoms with Gasteiger partial charge in [0.2, 0.25) is 0 Å². The SMILES string of the molecule is CC(O)/C(CO)=N/OCc1ccccc1. The lowest BCUT2D eigenvalue weighted by atomic mass is 10.2. The van der Waals surface area contributed by atoms with Gasteiger partial charge in [-0.15, -0.1) is 0 Å². The van der Waals surface area contributed by atoms with E-state index >= 15 is 0 Å². The van der Waals surface area contributed by atoms with E-state index < -0.39 is 6.10 Å². The summed E-state index contributed by atoms with van der Waals surface area (Å²) in [5.41, 5.74) is 1.22. The Morgan fingerprint density at radius 1 is 1.40 bits per heavy atom. The molecule has 0 aliphatic heterocycles. The molecule has 0 spiro atoms. The highest BCUT2D eigenvalue weighted by Gasteiger charge is 2.05. The molecule has 82 valence electrons. The zero-order valence-electron chi connectivity index (χ0n) is 8.63.